The highest BCUT2D eigenvalue weighted by Gasteiger charge is 2.34. The summed E-state index contributed by atoms with van der Waals surface area (Å²) in [7, 11) is 0. The van der Waals surface area contributed by atoms with Gasteiger partial charge in [0.05, 0.1) is 11.2 Å². The van der Waals surface area contributed by atoms with Gasteiger partial charge in [-0.25, -0.2) is 0 Å². The van der Waals surface area contributed by atoms with Gasteiger partial charge in [0.2, 0.25) is 0 Å². The average Bonchev–Trinajstić information content (AvgIpc) is 2.26. The summed E-state index contributed by atoms with van der Waals surface area (Å²) in [5, 5.41) is 22.1. The molecule has 2 rings (SSSR count). The minimum absolute atomic E-state index is 0.0336. The highest BCUT2D eigenvalue weighted by Crippen LogP contribution is 2.30. The molecule has 0 atom stereocenters. The fourth-order valence-electron chi connectivity index (χ4n) is 1.93. The minimum Gasteiger partial charge on any atom is -0.507 e. The van der Waals surface area contributed by atoms with E-state index in [9.17, 15) is 15.0 Å². The van der Waals surface area contributed by atoms with E-state index in [1.807, 2.05) is 6.92 Å². The van der Waals surface area contributed by atoms with Crippen molar-refractivity contribution in [3.8, 4) is 5.75 Å². The number of aromatic hydroxyl groups is 1. The van der Waals surface area contributed by atoms with Crippen LogP contribution < -0.4 is 5.32 Å². The lowest BCUT2D eigenvalue weighted by Gasteiger charge is -2.36. The Morgan fingerprint density at radius 2 is 2.18 bits per heavy atom. The second-order valence-electron chi connectivity index (χ2n) is 4.78. The number of aryl methyl sites for hydroxylation is 1. The summed E-state index contributed by atoms with van der Waals surface area (Å²) in [4.78, 5) is 11.8. The maximum atomic E-state index is 11.8. The molecule has 1 fully saturated rings. The van der Waals surface area contributed by atoms with Crippen molar-refractivity contribution in [1.82, 2.24) is 5.32 Å². The molecule has 1 saturated carbocycles. The number of phenols is 1. The van der Waals surface area contributed by atoms with Gasteiger partial charge in [-0.2, -0.15) is 0 Å². The molecule has 4 nitrogen and oxygen atoms in total. The molecule has 4 heteroatoms. The van der Waals surface area contributed by atoms with Gasteiger partial charge in [0.15, 0.2) is 0 Å². The predicted molar refractivity (Wildman–Crippen MR) is 64.0 cm³/mol. The Kier molecular flexibility index (Phi) is 3.07. The van der Waals surface area contributed by atoms with Gasteiger partial charge >= 0.3 is 0 Å². The van der Waals surface area contributed by atoms with Crippen molar-refractivity contribution in [2.45, 2.75) is 31.8 Å². The van der Waals surface area contributed by atoms with E-state index < -0.39 is 5.60 Å². The van der Waals surface area contributed by atoms with Gasteiger partial charge in [-0.1, -0.05) is 11.6 Å². The van der Waals surface area contributed by atoms with Gasteiger partial charge in [-0.15, -0.1) is 0 Å². The Hall–Kier alpha value is -1.55. The van der Waals surface area contributed by atoms with E-state index in [0.29, 0.717) is 0 Å². The van der Waals surface area contributed by atoms with Gasteiger partial charge in [-0.3, -0.25) is 4.79 Å². The molecule has 0 unspecified atom stereocenters. The smallest absolute Gasteiger partial charge is 0.255 e. The fourth-order valence-corrected chi connectivity index (χ4v) is 1.93. The first-order valence-corrected chi connectivity index (χ1v) is 5.80. The van der Waals surface area contributed by atoms with E-state index >= 15 is 0 Å². The van der Waals surface area contributed by atoms with Crippen molar-refractivity contribution in [1.29, 1.82) is 0 Å². The molecule has 3 N–H and O–H groups in total. The number of aliphatic hydroxyl groups is 1. The normalized spacial score (nSPS) is 17.3. The zero-order valence-corrected chi connectivity index (χ0v) is 9.86. The summed E-state index contributed by atoms with van der Waals surface area (Å²) < 4.78 is 0. The molecule has 1 aromatic carbocycles. The lowest BCUT2D eigenvalue weighted by atomic mass is 9.80. The quantitative estimate of drug-likeness (QED) is 0.740. The van der Waals surface area contributed by atoms with E-state index in [1.54, 1.807) is 12.1 Å². The molecule has 1 aromatic rings. The first-order valence-electron chi connectivity index (χ1n) is 5.80. The first-order chi connectivity index (χ1) is 8.00. The largest absolute Gasteiger partial charge is 0.507 e. The molecule has 0 heterocycles. The second-order valence-corrected chi connectivity index (χ2v) is 4.78. The topological polar surface area (TPSA) is 69.6 Å². The van der Waals surface area contributed by atoms with E-state index in [-0.39, 0.29) is 23.8 Å². The van der Waals surface area contributed by atoms with Gasteiger partial charge in [0.25, 0.3) is 5.91 Å². The van der Waals surface area contributed by atoms with Gasteiger partial charge < -0.3 is 15.5 Å². The summed E-state index contributed by atoms with van der Waals surface area (Å²) >= 11 is 0. The lowest BCUT2D eigenvalue weighted by molar-refractivity contribution is -0.0300. The number of phenolic OH excluding ortho intramolecular Hbond substituents is 1. The first kappa shape index (κ1) is 11.9. The minimum atomic E-state index is -0.741. The number of benzene rings is 1. The summed E-state index contributed by atoms with van der Waals surface area (Å²) in [6.45, 7) is 2.11. The van der Waals surface area contributed by atoms with Crippen LogP contribution in [-0.4, -0.2) is 28.3 Å². The van der Waals surface area contributed by atoms with E-state index in [2.05, 4.69) is 5.32 Å². The van der Waals surface area contributed by atoms with Crippen LogP contribution >= 0.6 is 0 Å². The predicted octanol–water partition coefficient (Wildman–Crippen LogP) is 1.35. The van der Waals surface area contributed by atoms with Crippen LogP contribution in [0.15, 0.2) is 18.2 Å². The molecule has 0 radical (unpaired) electrons. The molecule has 0 bridgehead atoms. The van der Waals surface area contributed by atoms with Crippen molar-refractivity contribution in [2.75, 3.05) is 6.54 Å². The van der Waals surface area contributed by atoms with E-state index in [1.165, 1.54) is 6.07 Å². The Morgan fingerprint density at radius 3 is 2.76 bits per heavy atom. The summed E-state index contributed by atoms with van der Waals surface area (Å²) in [6, 6.07) is 4.88. The molecular formula is C13H17NO3. The Morgan fingerprint density at radius 1 is 1.47 bits per heavy atom. The number of hydrogen-bond donors (Lipinski definition) is 3. The number of carbonyl (C=O) groups excluding carboxylic acids is 1. The van der Waals surface area contributed by atoms with Crippen molar-refractivity contribution in [3.05, 3.63) is 29.3 Å². The third kappa shape index (κ3) is 2.58. The van der Waals surface area contributed by atoms with Crippen LogP contribution in [0, 0.1) is 6.92 Å². The van der Waals surface area contributed by atoms with Crippen LogP contribution in [-0.2, 0) is 0 Å². The standard InChI is InChI=1S/C13H17NO3/c1-9-3-4-11(15)10(7-9)12(16)14-8-13(17)5-2-6-13/h3-4,7,15,17H,2,5-6,8H2,1H3,(H,14,16). The monoisotopic (exact) mass is 235 g/mol. The molecule has 0 spiro atoms. The van der Waals surface area contributed by atoms with E-state index in [4.69, 9.17) is 0 Å². The van der Waals surface area contributed by atoms with Crippen molar-refractivity contribution in [2.24, 2.45) is 0 Å². The fraction of sp³-hybridized carbons (Fsp3) is 0.462. The summed E-state index contributed by atoms with van der Waals surface area (Å²) in [6.07, 6.45) is 2.46. The summed E-state index contributed by atoms with van der Waals surface area (Å²) in [5.41, 5.74) is 0.429. The molecular weight excluding hydrogens is 218 g/mol. The van der Waals surface area contributed by atoms with Gasteiger partial charge in [0.1, 0.15) is 5.75 Å². The lowest BCUT2D eigenvalue weighted by Crippen LogP contribution is -2.47. The highest BCUT2D eigenvalue weighted by molar-refractivity contribution is 5.97. The zero-order chi connectivity index (χ0) is 12.5. The molecule has 17 heavy (non-hydrogen) atoms. The van der Waals surface area contributed by atoms with Crippen molar-refractivity contribution >= 4 is 5.91 Å². The van der Waals surface area contributed by atoms with Gasteiger partial charge in [-0.05, 0) is 38.3 Å². The molecule has 1 aliphatic carbocycles. The van der Waals surface area contributed by atoms with Gasteiger partial charge in [0, 0.05) is 6.54 Å². The molecule has 1 aliphatic rings. The van der Waals surface area contributed by atoms with Crippen LogP contribution in [0.4, 0.5) is 0 Å². The van der Waals surface area contributed by atoms with Crippen molar-refractivity contribution < 1.29 is 15.0 Å². The maximum absolute atomic E-state index is 11.8. The molecule has 1 amide bonds. The number of nitrogens with one attached hydrogen (secondary N) is 1. The molecule has 0 saturated heterocycles. The van der Waals surface area contributed by atoms with Crippen molar-refractivity contribution in [3.63, 3.8) is 0 Å². The maximum Gasteiger partial charge on any atom is 0.255 e. The molecule has 0 aromatic heterocycles. The Balaban J connectivity index is 2.01. The Labute approximate surface area is 100 Å². The van der Waals surface area contributed by atoms with Crippen LogP contribution in [0.3, 0.4) is 0 Å². The van der Waals surface area contributed by atoms with Crippen LogP contribution in [0.5, 0.6) is 5.75 Å². The van der Waals surface area contributed by atoms with Crippen LogP contribution in [0.1, 0.15) is 35.2 Å². The molecule has 92 valence electrons. The molecule has 0 aliphatic heterocycles. The number of amides is 1. The zero-order valence-electron chi connectivity index (χ0n) is 9.86. The van der Waals surface area contributed by atoms with Crippen LogP contribution in [0.25, 0.3) is 0 Å². The number of hydrogen-bond acceptors (Lipinski definition) is 3. The summed E-state index contributed by atoms with van der Waals surface area (Å²) in [5.74, 6) is -0.375. The van der Waals surface area contributed by atoms with Crippen LogP contribution in [0.2, 0.25) is 0 Å². The average molecular weight is 235 g/mol. The van der Waals surface area contributed by atoms with E-state index in [0.717, 1.165) is 24.8 Å². The number of carbonyl (C=O) groups is 1. The SMILES string of the molecule is Cc1ccc(O)c(C(=O)NCC2(O)CCC2)c1. The third-order valence-corrected chi connectivity index (χ3v) is 3.26. The number of rotatable bonds is 3. The second kappa shape index (κ2) is 4.37. The highest BCUT2D eigenvalue weighted by atomic mass is 16.3. The Bertz CT molecular complexity index is 438. The third-order valence-electron chi connectivity index (χ3n) is 3.26.